The summed E-state index contributed by atoms with van der Waals surface area (Å²) in [5.41, 5.74) is 2.80. The molecule has 0 atom stereocenters. The molecule has 1 fully saturated rings. The summed E-state index contributed by atoms with van der Waals surface area (Å²) in [6.07, 6.45) is 4.14. The van der Waals surface area contributed by atoms with Crippen molar-refractivity contribution in [2.24, 2.45) is 0 Å². The van der Waals surface area contributed by atoms with Gasteiger partial charge >= 0.3 is 0 Å². The molecule has 0 unspecified atom stereocenters. The van der Waals surface area contributed by atoms with Crippen molar-refractivity contribution in [3.05, 3.63) is 93.7 Å². The lowest BCUT2D eigenvalue weighted by Gasteiger charge is -2.24. The number of hydrogen-bond donors (Lipinski definition) is 0. The second-order valence-electron chi connectivity index (χ2n) is 6.89. The van der Waals surface area contributed by atoms with Gasteiger partial charge in [0.2, 0.25) is 0 Å². The summed E-state index contributed by atoms with van der Waals surface area (Å²) in [4.78, 5) is 15.0. The molecule has 1 aliphatic carbocycles. The highest BCUT2D eigenvalue weighted by atomic mass is 35.5. The molecule has 138 valence electrons. The van der Waals surface area contributed by atoms with E-state index < -0.39 is 0 Å². The predicted octanol–water partition coefficient (Wildman–Crippen LogP) is 5.65. The van der Waals surface area contributed by atoms with Gasteiger partial charge in [0.05, 0.1) is 6.54 Å². The molecule has 1 amide bonds. The number of nitrogens with zero attached hydrogens (tertiary/aromatic N) is 2. The zero-order chi connectivity index (χ0) is 18.8. The number of hydrogen-bond acceptors (Lipinski definition) is 1. The van der Waals surface area contributed by atoms with Crippen molar-refractivity contribution in [3.63, 3.8) is 0 Å². The molecular formula is C22H20Cl2N2O. The standard InChI is InChI=1S/C22H20Cl2N2O/c23-18-7-3-6-16(13-18)22(27)26(19-10-11-19)15-20-8-4-12-25(20)14-17-5-1-2-9-21(17)24/h1-9,12-13,19H,10-11,14-15H2. The quantitative estimate of drug-likeness (QED) is 0.526. The van der Waals surface area contributed by atoms with Crippen LogP contribution in [-0.4, -0.2) is 21.4 Å². The van der Waals surface area contributed by atoms with E-state index in [1.807, 2.05) is 53.6 Å². The normalized spacial score (nSPS) is 13.6. The molecule has 0 radical (unpaired) electrons. The summed E-state index contributed by atoms with van der Waals surface area (Å²) < 4.78 is 2.15. The summed E-state index contributed by atoms with van der Waals surface area (Å²) in [6, 6.07) is 19.4. The monoisotopic (exact) mass is 398 g/mol. The lowest BCUT2D eigenvalue weighted by Crippen LogP contribution is -2.33. The van der Waals surface area contributed by atoms with Gasteiger partial charge in [-0.3, -0.25) is 4.79 Å². The Morgan fingerprint density at radius 3 is 2.59 bits per heavy atom. The van der Waals surface area contributed by atoms with Crippen LogP contribution < -0.4 is 0 Å². The van der Waals surface area contributed by atoms with Gasteiger partial charge < -0.3 is 9.47 Å². The average molecular weight is 399 g/mol. The predicted molar refractivity (Wildman–Crippen MR) is 109 cm³/mol. The van der Waals surface area contributed by atoms with Crippen LogP contribution in [-0.2, 0) is 13.1 Å². The minimum atomic E-state index is 0.0329. The topological polar surface area (TPSA) is 25.2 Å². The first-order valence-electron chi connectivity index (χ1n) is 9.06. The van der Waals surface area contributed by atoms with Crippen molar-refractivity contribution in [3.8, 4) is 0 Å². The number of rotatable bonds is 6. The number of aromatic nitrogens is 1. The van der Waals surface area contributed by atoms with Gasteiger partial charge in [-0.2, -0.15) is 0 Å². The van der Waals surface area contributed by atoms with Crippen LogP contribution in [0.5, 0.6) is 0 Å². The smallest absolute Gasteiger partial charge is 0.254 e. The fourth-order valence-corrected chi connectivity index (χ4v) is 3.66. The molecule has 5 heteroatoms. The Morgan fingerprint density at radius 1 is 1.04 bits per heavy atom. The number of carbonyl (C=O) groups excluding carboxylic acids is 1. The zero-order valence-electron chi connectivity index (χ0n) is 14.8. The molecule has 3 nitrogen and oxygen atoms in total. The van der Waals surface area contributed by atoms with E-state index in [4.69, 9.17) is 23.2 Å². The van der Waals surface area contributed by atoms with Crippen LogP contribution in [0.4, 0.5) is 0 Å². The molecule has 27 heavy (non-hydrogen) atoms. The molecule has 0 saturated heterocycles. The Morgan fingerprint density at radius 2 is 1.85 bits per heavy atom. The third kappa shape index (κ3) is 4.20. The summed E-state index contributed by atoms with van der Waals surface area (Å²) >= 11 is 12.4. The van der Waals surface area contributed by atoms with E-state index in [1.165, 1.54) is 0 Å². The number of halogens is 2. The van der Waals surface area contributed by atoms with Crippen molar-refractivity contribution in [2.75, 3.05) is 0 Å². The first-order valence-corrected chi connectivity index (χ1v) is 9.81. The fourth-order valence-electron chi connectivity index (χ4n) is 3.27. The van der Waals surface area contributed by atoms with E-state index in [9.17, 15) is 4.79 Å². The summed E-state index contributed by atoms with van der Waals surface area (Å²) in [6.45, 7) is 1.26. The first-order chi connectivity index (χ1) is 13.1. The molecular weight excluding hydrogens is 379 g/mol. The van der Waals surface area contributed by atoms with Crippen LogP contribution in [0, 0.1) is 0 Å². The molecule has 0 N–H and O–H groups in total. The molecule has 1 saturated carbocycles. The molecule has 0 bridgehead atoms. The maximum atomic E-state index is 13.1. The van der Waals surface area contributed by atoms with Crippen LogP contribution in [0.1, 0.15) is 34.5 Å². The average Bonchev–Trinajstić information content (AvgIpc) is 3.41. The van der Waals surface area contributed by atoms with Gasteiger partial charge in [-0.15, -0.1) is 0 Å². The van der Waals surface area contributed by atoms with Gasteiger partial charge in [0.1, 0.15) is 0 Å². The lowest BCUT2D eigenvalue weighted by atomic mass is 10.2. The molecule has 1 aliphatic rings. The third-order valence-corrected chi connectivity index (χ3v) is 5.48. The molecule has 3 aromatic rings. The van der Waals surface area contributed by atoms with E-state index in [0.717, 1.165) is 29.1 Å². The van der Waals surface area contributed by atoms with Crippen molar-refractivity contribution in [2.45, 2.75) is 32.0 Å². The van der Waals surface area contributed by atoms with Gasteiger partial charge in [-0.25, -0.2) is 0 Å². The Bertz CT molecular complexity index is 962. The maximum Gasteiger partial charge on any atom is 0.254 e. The molecule has 0 aliphatic heterocycles. The van der Waals surface area contributed by atoms with E-state index in [1.54, 1.807) is 12.1 Å². The SMILES string of the molecule is O=C(c1cccc(Cl)c1)N(Cc1cccn1Cc1ccccc1Cl)C1CC1. The van der Waals surface area contributed by atoms with Crippen LogP contribution in [0.15, 0.2) is 66.9 Å². The largest absolute Gasteiger partial charge is 0.345 e. The van der Waals surface area contributed by atoms with Gasteiger partial charge in [-0.1, -0.05) is 47.5 Å². The van der Waals surface area contributed by atoms with Crippen LogP contribution in [0.2, 0.25) is 10.0 Å². The molecule has 0 spiro atoms. The highest BCUT2D eigenvalue weighted by Crippen LogP contribution is 2.30. The van der Waals surface area contributed by atoms with E-state index in [2.05, 4.69) is 10.6 Å². The first kappa shape index (κ1) is 18.1. The van der Waals surface area contributed by atoms with E-state index in [0.29, 0.717) is 29.7 Å². The second-order valence-corrected chi connectivity index (χ2v) is 7.74. The highest BCUT2D eigenvalue weighted by Gasteiger charge is 2.33. The maximum absolute atomic E-state index is 13.1. The minimum Gasteiger partial charge on any atom is -0.345 e. The van der Waals surface area contributed by atoms with Crippen molar-refractivity contribution in [1.82, 2.24) is 9.47 Å². The van der Waals surface area contributed by atoms with E-state index in [-0.39, 0.29) is 5.91 Å². The Hall–Kier alpha value is -2.23. The molecule has 1 heterocycles. The summed E-state index contributed by atoms with van der Waals surface area (Å²) in [7, 11) is 0. The number of carbonyl (C=O) groups is 1. The summed E-state index contributed by atoms with van der Waals surface area (Å²) in [5.74, 6) is 0.0329. The third-order valence-electron chi connectivity index (χ3n) is 4.87. The van der Waals surface area contributed by atoms with Gasteiger partial charge in [-0.05, 0) is 54.8 Å². The second kappa shape index (κ2) is 7.79. The molecule has 4 rings (SSSR count). The molecule has 1 aromatic heterocycles. The number of benzene rings is 2. The van der Waals surface area contributed by atoms with Crippen LogP contribution >= 0.6 is 23.2 Å². The van der Waals surface area contributed by atoms with Crippen LogP contribution in [0.3, 0.4) is 0 Å². The lowest BCUT2D eigenvalue weighted by molar-refractivity contribution is 0.0726. The van der Waals surface area contributed by atoms with Crippen molar-refractivity contribution < 1.29 is 4.79 Å². The Labute approximate surface area is 169 Å². The van der Waals surface area contributed by atoms with E-state index >= 15 is 0 Å². The highest BCUT2D eigenvalue weighted by molar-refractivity contribution is 6.31. The number of amides is 1. The Balaban J connectivity index is 1.56. The zero-order valence-corrected chi connectivity index (χ0v) is 16.3. The molecule has 2 aromatic carbocycles. The van der Waals surface area contributed by atoms with Crippen molar-refractivity contribution >= 4 is 29.1 Å². The van der Waals surface area contributed by atoms with Gasteiger partial charge in [0, 0.05) is 40.1 Å². The van der Waals surface area contributed by atoms with Crippen molar-refractivity contribution in [1.29, 1.82) is 0 Å². The van der Waals surface area contributed by atoms with Crippen LogP contribution in [0.25, 0.3) is 0 Å². The van der Waals surface area contributed by atoms with Gasteiger partial charge in [0.15, 0.2) is 0 Å². The fraction of sp³-hybridized carbons (Fsp3) is 0.227. The Kier molecular flexibility index (Phi) is 5.24. The minimum absolute atomic E-state index is 0.0329. The van der Waals surface area contributed by atoms with Gasteiger partial charge in [0.25, 0.3) is 5.91 Å². The summed E-state index contributed by atoms with van der Waals surface area (Å²) in [5, 5.41) is 1.34.